The lowest BCUT2D eigenvalue weighted by molar-refractivity contribution is 0.103. The summed E-state index contributed by atoms with van der Waals surface area (Å²) < 4.78 is 13.9. The summed E-state index contributed by atoms with van der Waals surface area (Å²) in [5, 5.41) is 3.73. The van der Waals surface area contributed by atoms with Crippen molar-refractivity contribution in [3.8, 4) is 0 Å². The van der Waals surface area contributed by atoms with E-state index >= 15 is 0 Å². The molecule has 22 heavy (non-hydrogen) atoms. The Balaban J connectivity index is 0.00000176. The third-order valence-corrected chi connectivity index (χ3v) is 5.34. The first-order chi connectivity index (χ1) is 10.3. The number of nitrogens with zero attached hydrogens (tertiary/aromatic N) is 1. The second-order valence-corrected chi connectivity index (χ2v) is 6.65. The van der Waals surface area contributed by atoms with E-state index in [9.17, 15) is 4.39 Å². The van der Waals surface area contributed by atoms with Crippen molar-refractivity contribution in [1.29, 1.82) is 0 Å². The topological polar surface area (TPSA) is 15.3 Å². The average Bonchev–Trinajstić information content (AvgIpc) is 2.54. The zero-order valence-electron chi connectivity index (χ0n) is 12.9. The fourth-order valence-corrected chi connectivity index (χ4v) is 4.15. The van der Waals surface area contributed by atoms with Gasteiger partial charge in [-0.15, -0.1) is 12.4 Å². The lowest BCUT2D eigenvalue weighted by Crippen LogP contribution is -2.47. The monoisotopic (exact) mass is 346 g/mol. The molecule has 3 rings (SSSR count). The van der Waals surface area contributed by atoms with Crippen molar-refractivity contribution in [2.45, 2.75) is 38.1 Å². The second-order valence-electron chi connectivity index (χ2n) is 6.27. The number of nitrogens with one attached hydrogen (secondary N) is 1. The first kappa shape index (κ1) is 18.0. The van der Waals surface area contributed by atoms with Gasteiger partial charge in [-0.3, -0.25) is 4.90 Å². The zero-order valence-corrected chi connectivity index (χ0v) is 14.4. The molecule has 1 N–H and O–H groups in total. The van der Waals surface area contributed by atoms with Gasteiger partial charge in [0, 0.05) is 32.2 Å². The van der Waals surface area contributed by atoms with Crippen molar-refractivity contribution < 1.29 is 4.39 Å². The Morgan fingerprint density at radius 2 is 1.82 bits per heavy atom. The first-order valence-corrected chi connectivity index (χ1v) is 8.54. The molecule has 1 atom stereocenters. The number of hydrogen-bond donors (Lipinski definition) is 1. The summed E-state index contributed by atoms with van der Waals surface area (Å²) in [6.07, 6.45) is 6.39. The molecular weight excluding hydrogens is 322 g/mol. The van der Waals surface area contributed by atoms with E-state index in [-0.39, 0.29) is 24.3 Å². The van der Waals surface area contributed by atoms with Crippen LogP contribution < -0.4 is 5.32 Å². The minimum atomic E-state index is -0.287. The molecular formula is C17H25Cl2FN2. The quantitative estimate of drug-likeness (QED) is 0.870. The van der Waals surface area contributed by atoms with Crippen LogP contribution in [0.5, 0.6) is 0 Å². The molecule has 0 bridgehead atoms. The van der Waals surface area contributed by atoms with Gasteiger partial charge in [-0.1, -0.05) is 43.0 Å². The Morgan fingerprint density at radius 1 is 1.14 bits per heavy atom. The highest BCUT2D eigenvalue weighted by Crippen LogP contribution is 2.41. The first-order valence-electron chi connectivity index (χ1n) is 8.16. The van der Waals surface area contributed by atoms with Gasteiger partial charge in [0.25, 0.3) is 0 Å². The predicted octanol–water partition coefficient (Wildman–Crippen LogP) is 4.43. The molecule has 1 aliphatic heterocycles. The summed E-state index contributed by atoms with van der Waals surface area (Å²) in [4.78, 5) is 2.51. The molecule has 2 nitrogen and oxygen atoms in total. The fraction of sp³-hybridized carbons (Fsp3) is 0.647. The summed E-state index contributed by atoms with van der Waals surface area (Å²) in [7, 11) is 0. The van der Waals surface area contributed by atoms with Crippen molar-refractivity contribution in [1.82, 2.24) is 10.2 Å². The smallest absolute Gasteiger partial charge is 0.142 e. The van der Waals surface area contributed by atoms with E-state index in [0.717, 1.165) is 31.7 Å². The van der Waals surface area contributed by atoms with Crippen LogP contribution in [-0.2, 0) is 0 Å². The predicted molar refractivity (Wildman–Crippen MR) is 92.4 cm³/mol. The fourth-order valence-electron chi connectivity index (χ4n) is 3.91. The standard InChI is InChI=1S/C17H24ClFN2.ClH/c18-16-14(7-4-8-15(16)19)17(13-5-2-1-3-6-13)21-11-9-20-10-12-21;/h4,7-8,13,17,20H,1-3,5-6,9-12H2;1H/t17-;/m0./s1. The third-order valence-electron chi connectivity index (χ3n) is 4.94. The van der Waals surface area contributed by atoms with E-state index < -0.39 is 0 Å². The number of rotatable bonds is 3. The minimum absolute atomic E-state index is 0. The number of hydrogen-bond acceptors (Lipinski definition) is 2. The highest BCUT2D eigenvalue weighted by atomic mass is 35.5. The largest absolute Gasteiger partial charge is 0.314 e. The molecule has 1 heterocycles. The molecule has 1 aromatic rings. The van der Waals surface area contributed by atoms with Gasteiger partial charge in [0.15, 0.2) is 0 Å². The van der Waals surface area contributed by atoms with E-state index in [2.05, 4.69) is 10.2 Å². The van der Waals surface area contributed by atoms with Crippen LogP contribution in [0, 0.1) is 11.7 Å². The summed E-state index contributed by atoms with van der Waals surface area (Å²) in [5.74, 6) is 0.321. The Hall–Kier alpha value is -0.350. The normalized spacial score (nSPS) is 22.1. The van der Waals surface area contributed by atoms with Crippen LogP contribution in [-0.4, -0.2) is 31.1 Å². The maximum Gasteiger partial charge on any atom is 0.142 e. The highest BCUT2D eigenvalue weighted by Gasteiger charge is 2.32. The minimum Gasteiger partial charge on any atom is -0.314 e. The molecule has 124 valence electrons. The zero-order chi connectivity index (χ0) is 14.7. The molecule has 1 saturated heterocycles. The van der Waals surface area contributed by atoms with Gasteiger partial charge in [-0.05, 0) is 30.4 Å². The van der Waals surface area contributed by atoms with Crippen LogP contribution >= 0.6 is 24.0 Å². The van der Waals surface area contributed by atoms with Crippen LogP contribution in [0.1, 0.15) is 43.7 Å². The Kier molecular flexibility index (Phi) is 6.94. The van der Waals surface area contributed by atoms with Crippen molar-refractivity contribution in [3.05, 3.63) is 34.6 Å². The second kappa shape index (κ2) is 8.49. The van der Waals surface area contributed by atoms with Gasteiger partial charge in [0.2, 0.25) is 0 Å². The molecule has 0 aromatic heterocycles. The van der Waals surface area contributed by atoms with Gasteiger partial charge >= 0.3 is 0 Å². The van der Waals surface area contributed by atoms with Crippen LogP contribution in [0.15, 0.2) is 18.2 Å². The lowest BCUT2D eigenvalue weighted by Gasteiger charge is -2.41. The van der Waals surface area contributed by atoms with Crippen LogP contribution in [0.3, 0.4) is 0 Å². The summed E-state index contributed by atoms with van der Waals surface area (Å²) in [6.45, 7) is 4.06. The van der Waals surface area contributed by atoms with Crippen LogP contribution in [0.25, 0.3) is 0 Å². The molecule has 1 aliphatic carbocycles. The lowest BCUT2D eigenvalue weighted by atomic mass is 9.80. The van der Waals surface area contributed by atoms with Crippen LogP contribution in [0.4, 0.5) is 4.39 Å². The molecule has 0 amide bonds. The Bertz CT molecular complexity index is 454. The van der Waals surface area contributed by atoms with E-state index in [4.69, 9.17) is 11.6 Å². The highest BCUT2D eigenvalue weighted by molar-refractivity contribution is 6.31. The third kappa shape index (κ3) is 3.94. The number of halogens is 3. The molecule has 0 unspecified atom stereocenters. The molecule has 0 radical (unpaired) electrons. The van der Waals surface area contributed by atoms with E-state index in [0.29, 0.717) is 10.9 Å². The molecule has 0 spiro atoms. The van der Waals surface area contributed by atoms with Crippen molar-refractivity contribution in [2.75, 3.05) is 26.2 Å². The Morgan fingerprint density at radius 3 is 2.50 bits per heavy atom. The van der Waals surface area contributed by atoms with Gasteiger partial charge < -0.3 is 5.32 Å². The molecule has 5 heteroatoms. The summed E-state index contributed by atoms with van der Waals surface area (Å²) >= 11 is 6.31. The number of piperazine rings is 1. The molecule has 2 fully saturated rings. The van der Waals surface area contributed by atoms with Gasteiger partial charge in [-0.25, -0.2) is 4.39 Å². The molecule has 1 aromatic carbocycles. The summed E-state index contributed by atoms with van der Waals surface area (Å²) in [6, 6.07) is 5.55. The van der Waals surface area contributed by atoms with Crippen molar-refractivity contribution >= 4 is 24.0 Å². The van der Waals surface area contributed by atoms with Crippen LogP contribution in [0.2, 0.25) is 5.02 Å². The van der Waals surface area contributed by atoms with Gasteiger partial charge in [0.1, 0.15) is 5.82 Å². The molecule has 2 aliphatic rings. The maximum atomic E-state index is 13.9. The van der Waals surface area contributed by atoms with Crippen molar-refractivity contribution in [3.63, 3.8) is 0 Å². The van der Waals surface area contributed by atoms with E-state index in [1.165, 1.54) is 38.2 Å². The average molecular weight is 347 g/mol. The van der Waals surface area contributed by atoms with E-state index in [1.54, 1.807) is 6.07 Å². The SMILES string of the molecule is Cl.Fc1cccc([C@H](C2CCCCC2)N2CCNCC2)c1Cl. The number of benzene rings is 1. The maximum absolute atomic E-state index is 13.9. The van der Waals surface area contributed by atoms with Gasteiger partial charge in [0.05, 0.1) is 5.02 Å². The summed E-state index contributed by atoms with van der Waals surface area (Å²) in [5.41, 5.74) is 0.991. The Labute approximate surface area is 143 Å². The molecule has 1 saturated carbocycles. The van der Waals surface area contributed by atoms with Gasteiger partial charge in [-0.2, -0.15) is 0 Å². The van der Waals surface area contributed by atoms with E-state index in [1.807, 2.05) is 6.07 Å². The van der Waals surface area contributed by atoms with Crippen molar-refractivity contribution in [2.24, 2.45) is 5.92 Å².